The molecule has 0 heterocycles. The summed E-state index contributed by atoms with van der Waals surface area (Å²) in [7, 11) is 0. The van der Waals surface area contributed by atoms with Crippen LogP contribution < -0.4 is 11.1 Å². The Hall–Kier alpha value is -1.92. The minimum atomic E-state index is -4.51. The molecule has 0 unspecified atom stereocenters. The minimum absolute atomic E-state index is 0.0408. The van der Waals surface area contributed by atoms with E-state index >= 15 is 0 Å². The third-order valence-electron chi connectivity index (χ3n) is 2.80. The summed E-state index contributed by atoms with van der Waals surface area (Å²) in [6, 6.07) is 6.94. The molecular weight excluding hydrogens is 340 g/mol. The van der Waals surface area contributed by atoms with Crippen molar-refractivity contribution in [1.29, 1.82) is 0 Å². The van der Waals surface area contributed by atoms with Crippen LogP contribution in [0.15, 0.2) is 36.4 Å². The Morgan fingerprint density at radius 3 is 2.36 bits per heavy atom. The molecule has 3 N–H and O–H groups in total. The minimum Gasteiger partial charge on any atom is -0.398 e. The third-order valence-corrected chi connectivity index (χ3v) is 3.35. The molecule has 0 atom stereocenters. The van der Waals surface area contributed by atoms with Gasteiger partial charge in [0.25, 0.3) is 5.91 Å². The number of nitrogen functional groups attached to an aromatic ring is 1. The fraction of sp³-hybridized carbons (Fsp3) is 0.0714. The van der Waals surface area contributed by atoms with Gasteiger partial charge in [-0.15, -0.1) is 0 Å². The maximum atomic E-state index is 12.5. The molecule has 0 aromatic heterocycles. The van der Waals surface area contributed by atoms with E-state index in [-0.39, 0.29) is 22.0 Å². The van der Waals surface area contributed by atoms with Gasteiger partial charge in [-0.3, -0.25) is 4.79 Å². The van der Waals surface area contributed by atoms with E-state index in [1.807, 2.05) is 0 Å². The summed E-state index contributed by atoms with van der Waals surface area (Å²) in [5.74, 6) is -0.623. The lowest BCUT2D eigenvalue weighted by molar-refractivity contribution is -0.137. The first-order valence-corrected chi connectivity index (χ1v) is 6.67. The van der Waals surface area contributed by atoms with Gasteiger partial charge in [0.2, 0.25) is 0 Å². The molecule has 0 aliphatic heterocycles. The molecule has 3 nitrogen and oxygen atoms in total. The van der Waals surface area contributed by atoms with Crippen LogP contribution in [-0.2, 0) is 6.18 Å². The van der Waals surface area contributed by atoms with E-state index in [0.717, 1.165) is 18.2 Å². The van der Waals surface area contributed by atoms with Gasteiger partial charge in [0.05, 0.1) is 21.8 Å². The Kier molecular flexibility index (Phi) is 4.53. The number of nitrogens with two attached hydrogens (primary N) is 1. The Bertz CT molecular complexity index is 733. The molecule has 0 saturated heterocycles. The maximum Gasteiger partial charge on any atom is 0.416 e. The largest absolute Gasteiger partial charge is 0.416 e. The predicted octanol–water partition coefficient (Wildman–Crippen LogP) is 4.85. The van der Waals surface area contributed by atoms with Crippen molar-refractivity contribution in [2.45, 2.75) is 6.18 Å². The molecular formula is C14H9Cl2F3N2O. The number of carbonyl (C=O) groups excluding carboxylic acids is 1. The molecule has 0 aliphatic carbocycles. The van der Waals surface area contributed by atoms with Gasteiger partial charge in [0, 0.05) is 10.7 Å². The van der Waals surface area contributed by atoms with Crippen LogP contribution in [-0.4, -0.2) is 5.91 Å². The van der Waals surface area contributed by atoms with E-state index in [1.165, 1.54) is 18.2 Å². The summed E-state index contributed by atoms with van der Waals surface area (Å²) in [6.45, 7) is 0. The highest BCUT2D eigenvalue weighted by Crippen LogP contribution is 2.34. The fourth-order valence-corrected chi connectivity index (χ4v) is 2.11. The number of anilines is 2. The normalized spacial score (nSPS) is 11.3. The molecule has 1 amide bonds. The summed E-state index contributed by atoms with van der Waals surface area (Å²) in [5.41, 5.74) is 5.08. The maximum absolute atomic E-state index is 12.5. The van der Waals surface area contributed by atoms with Crippen molar-refractivity contribution >= 4 is 40.5 Å². The van der Waals surface area contributed by atoms with Crippen LogP contribution in [0, 0.1) is 0 Å². The Balaban J connectivity index is 2.27. The van der Waals surface area contributed by atoms with E-state index in [2.05, 4.69) is 5.32 Å². The zero-order valence-corrected chi connectivity index (χ0v) is 12.4. The molecule has 0 radical (unpaired) electrons. The topological polar surface area (TPSA) is 55.1 Å². The lowest BCUT2D eigenvalue weighted by atomic mass is 10.1. The number of amides is 1. The van der Waals surface area contributed by atoms with Gasteiger partial charge in [-0.25, -0.2) is 0 Å². The zero-order chi connectivity index (χ0) is 16.5. The second-order valence-corrected chi connectivity index (χ2v) is 5.22. The summed E-state index contributed by atoms with van der Waals surface area (Å²) < 4.78 is 37.6. The molecule has 0 saturated carbocycles. The molecule has 8 heteroatoms. The van der Waals surface area contributed by atoms with Crippen LogP contribution in [0.5, 0.6) is 0 Å². The van der Waals surface area contributed by atoms with Crippen LogP contribution in [0.3, 0.4) is 0 Å². The molecule has 0 spiro atoms. The first kappa shape index (κ1) is 16.5. The van der Waals surface area contributed by atoms with Crippen molar-refractivity contribution in [3.05, 3.63) is 57.6 Å². The van der Waals surface area contributed by atoms with E-state index in [9.17, 15) is 18.0 Å². The SMILES string of the molecule is Nc1ccc(Cl)cc1C(=O)Nc1ccc(C(F)(F)F)cc1Cl. The number of halogens is 5. The van der Waals surface area contributed by atoms with Crippen molar-refractivity contribution in [2.75, 3.05) is 11.1 Å². The number of rotatable bonds is 2. The average molecular weight is 349 g/mol. The van der Waals surface area contributed by atoms with Crippen molar-refractivity contribution in [2.24, 2.45) is 0 Å². The summed E-state index contributed by atoms with van der Waals surface area (Å²) in [4.78, 5) is 12.1. The number of benzene rings is 2. The van der Waals surface area contributed by atoms with Crippen LogP contribution in [0.2, 0.25) is 10.0 Å². The molecule has 0 fully saturated rings. The lowest BCUT2D eigenvalue weighted by Gasteiger charge is -2.12. The van der Waals surface area contributed by atoms with Gasteiger partial charge >= 0.3 is 6.18 Å². The van der Waals surface area contributed by atoms with Crippen LogP contribution in [0.1, 0.15) is 15.9 Å². The van der Waals surface area contributed by atoms with Gasteiger partial charge in [0.1, 0.15) is 0 Å². The highest BCUT2D eigenvalue weighted by atomic mass is 35.5. The molecule has 0 aliphatic rings. The summed E-state index contributed by atoms with van der Waals surface area (Å²) in [6.07, 6.45) is -4.51. The van der Waals surface area contributed by atoms with E-state index < -0.39 is 17.6 Å². The molecule has 116 valence electrons. The number of alkyl halides is 3. The van der Waals surface area contributed by atoms with E-state index in [4.69, 9.17) is 28.9 Å². The highest BCUT2D eigenvalue weighted by Gasteiger charge is 2.31. The first-order valence-electron chi connectivity index (χ1n) is 5.91. The van der Waals surface area contributed by atoms with Crippen molar-refractivity contribution in [3.8, 4) is 0 Å². The second kappa shape index (κ2) is 6.06. The Morgan fingerprint density at radius 2 is 1.77 bits per heavy atom. The third kappa shape index (κ3) is 3.64. The Labute approximate surface area is 133 Å². The number of hydrogen-bond acceptors (Lipinski definition) is 2. The first-order chi connectivity index (χ1) is 10.2. The quantitative estimate of drug-likeness (QED) is 0.762. The predicted molar refractivity (Wildman–Crippen MR) is 80.3 cm³/mol. The van der Waals surface area contributed by atoms with Crippen LogP contribution in [0.25, 0.3) is 0 Å². The molecule has 2 aromatic carbocycles. The van der Waals surface area contributed by atoms with Gasteiger partial charge in [-0.2, -0.15) is 13.2 Å². The lowest BCUT2D eigenvalue weighted by Crippen LogP contribution is -2.15. The standard InChI is InChI=1S/C14H9Cl2F3N2O/c15-8-2-3-11(20)9(6-8)13(22)21-12-4-1-7(5-10(12)16)14(17,18)19/h1-6H,20H2,(H,21,22). The van der Waals surface area contributed by atoms with E-state index in [1.54, 1.807) is 0 Å². The second-order valence-electron chi connectivity index (χ2n) is 4.38. The summed E-state index contributed by atoms with van der Waals surface area (Å²) >= 11 is 11.5. The number of nitrogens with one attached hydrogen (secondary N) is 1. The van der Waals surface area contributed by atoms with Crippen molar-refractivity contribution in [3.63, 3.8) is 0 Å². The Morgan fingerprint density at radius 1 is 1.09 bits per heavy atom. The monoisotopic (exact) mass is 348 g/mol. The highest BCUT2D eigenvalue weighted by molar-refractivity contribution is 6.34. The number of carbonyl (C=O) groups is 1. The van der Waals surface area contributed by atoms with Gasteiger partial charge in [0.15, 0.2) is 0 Å². The van der Waals surface area contributed by atoms with Crippen LogP contribution in [0.4, 0.5) is 24.5 Å². The fourth-order valence-electron chi connectivity index (χ4n) is 1.71. The zero-order valence-electron chi connectivity index (χ0n) is 10.8. The van der Waals surface area contributed by atoms with Gasteiger partial charge in [-0.05, 0) is 36.4 Å². The number of hydrogen-bond donors (Lipinski definition) is 2. The van der Waals surface area contributed by atoms with E-state index in [0.29, 0.717) is 5.02 Å². The molecule has 0 bridgehead atoms. The van der Waals surface area contributed by atoms with Crippen molar-refractivity contribution < 1.29 is 18.0 Å². The molecule has 22 heavy (non-hydrogen) atoms. The van der Waals surface area contributed by atoms with Crippen LogP contribution >= 0.6 is 23.2 Å². The van der Waals surface area contributed by atoms with Crippen molar-refractivity contribution in [1.82, 2.24) is 0 Å². The molecule has 2 rings (SSSR count). The van der Waals surface area contributed by atoms with Gasteiger partial charge in [-0.1, -0.05) is 23.2 Å². The molecule has 2 aromatic rings. The average Bonchev–Trinajstić information content (AvgIpc) is 2.42. The smallest absolute Gasteiger partial charge is 0.398 e. The summed E-state index contributed by atoms with van der Waals surface area (Å²) in [5, 5.41) is 2.47. The van der Waals surface area contributed by atoms with Gasteiger partial charge < -0.3 is 11.1 Å².